The molecule has 0 fully saturated rings. The number of likely N-dealkylation sites (N-methyl/N-ethyl adjacent to an activating group) is 1. The highest BCUT2D eigenvalue weighted by molar-refractivity contribution is 5.75. The van der Waals surface area contributed by atoms with Crippen LogP contribution in [0.1, 0.15) is 46.5 Å². The van der Waals surface area contributed by atoms with Gasteiger partial charge < -0.3 is 15.5 Å². The van der Waals surface area contributed by atoms with Gasteiger partial charge in [0.1, 0.15) is 0 Å². The lowest BCUT2D eigenvalue weighted by atomic mass is 10.2. The van der Waals surface area contributed by atoms with E-state index in [2.05, 4.69) is 48.5 Å². The van der Waals surface area contributed by atoms with E-state index in [0.717, 1.165) is 58.5 Å². The molecule has 2 N–H and O–H groups in total. The molecule has 0 bridgehead atoms. The van der Waals surface area contributed by atoms with E-state index < -0.39 is 0 Å². The molecule has 0 aliphatic carbocycles. The predicted molar refractivity (Wildman–Crippen MR) is 86.9 cm³/mol. The summed E-state index contributed by atoms with van der Waals surface area (Å²) in [6.07, 6.45) is 7.96. The molecule has 20 heavy (non-hydrogen) atoms. The van der Waals surface area contributed by atoms with E-state index in [1.807, 2.05) is 0 Å². The molecule has 0 saturated carbocycles. The molecule has 4 heteroatoms. The van der Waals surface area contributed by atoms with E-state index in [-0.39, 0.29) is 5.91 Å². The van der Waals surface area contributed by atoms with Crippen molar-refractivity contribution in [2.75, 3.05) is 39.3 Å². The van der Waals surface area contributed by atoms with Gasteiger partial charge in [-0.05, 0) is 32.4 Å². The van der Waals surface area contributed by atoms with E-state index in [1.165, 1.54) is 0 Å². The van der Waals surface area contributed by atoms with Crippen LogP contribution >= 0.6 is 0 Å². The Morgan fingerprint density at radius 1 is 1.05 bits per heavy atom. The van der Waals surface area contributed by atoms with Gasteiger partial charge in [0, 0.05) is 32.6 Å². The summed E-state index contributed by atoms with van der Waals surface area (Å²) in [5.41, 5.74) is 0. The highest BCUT2D eigenvalue weighted by Gasteiger charge is 2.00. The topological polar surface area (TPSA) is 44.4 Å². The number of allylic oxidation sites excluding steroid dienone is 2. The zero-order chi connectivity index (χ0) is 15.1. The summed E-state index contributed by atoms with van der Waals surface area (Å²) >= 11 is 0. The highest BCUT2D eigenvalue weighted by atomic mass is 16.1. The number of carbonyl (C=O) groups excluding carboxylic acids is 1. The molecule has 0 aromatic heterocycles. The molecule has 0 aromatic rings. The van der Waals surface area contributed by atoms with Crippen molar-refractivity contribution in [3.63, 3.8) is 0 Å². The molecule has 0 aliphatic heterocycles. The molecule has 118 valence electrons. The number of carbonyl (C=O) groups is 1. The minimum atomic E-state index is 0.167. The molecule has 0 spiro atoms. The lowest BCUT2D eigenvalue weighted by Gasteiger charge is -2.18. The van der Waals surface area contributed by atoms with Crippen LogP contribution in [0.15, 0.2) is 12.2 Å². The lowest BCUT2D eigenvalue weighted by Crippen LogP contribution is -2.36. The Morgan fingerprint density at radius 2 is 1.80 bits per heavy atom. The van der Waals surface area contributed by atoms with Crippen LogP contribution in [0.5, 0.6) is 0 Å². The monoisotopic (exact) mass is 283 g/mol. The summed E-state index contributed by atoms with van der Waals surface area (Å²) in [5.74, 6) is 0.167. The summed E-state index contributed by atoms with van der Waals surface area (Å²) in [7, 11) is 0. The molecule has 0 heterocycles. The second kappa shape index (κ2) is 14.5. The van der Waals surface area contributed by atoms with Crippen molar-refractivity contribution < 1.29 is 4.79 Å². The van der Waals surface area contributed by atoms with E-state index in [9.17, 15) is 4.79 Å². The van der Waals surface area contributed by atoms with Crippen molar-refractivity contribution in [2.24, 2.45) is 0 Å². The van der Waals surface area contributed by atoms with Crippen LogP contribution in [0.3, 0.4) is 0 Å². The molecule has 0 radical (unpaired) electrons. The first-order chi connectivity index (χ1) is 9.74. The molecule has 0 aromatic carbocycles. The molecule has 0 aliphatic rings. The number of hydrogen-bond donors (Lipinski definition) is 2. The Kier molecular flexibility index (Phi) is 13.9. The molecule has 0 saturated heterocycles. The van der Waals surface area contributed by atoms with Gasteiger partial charge in [-0.15, -0.1) is 0 Å². The largest absolute Gasteiger partial charge is 0.355 e. The fourth-order valence-electron chi connectivity index (χ4n) is 1.95. The van der Waals surface area contributed by atoms with Crippen molar-refractivity contribution >= 4 is 5.91 Å². The van der Waals surface area contributed by atoms with Gasteiger partial charge in [0.2, 0.25) is 5.91 Å². The van der Waals surface area contributed by atoms with E-state index in [0.29, 0.717) is 6.42 Å². The van der Waals surface area contributed by atoms with Gasteiger partial charge in [-0.2, -0.15) is 0 Å². The van der Waals surface area contributed by atoms with Gasteiger partial charge in [-0.1, -0.05) is 32.9 Å². The summed E-state index contributed by atoms with van der Waals surface area (Å²) in [6, 6.07) is 0. The predicted octanol–water partition coefficient (Wildman–Crippen LogP) is 2.17. The average Bonchev–Trinajstić information content (AvgIpc) is 2.46. The maximum Gasteiger partial charge on any atom is 0.220 e. The maximum absolute atomic E-state index is 11.5. The molecular formula is C16H33N3O. The van der Waals surface area contributed by atoms with Crippen molar-refractivity contribution in [2.45, 2.75) is 46.5 Å². The first-order valence-corrected chi connectivity index (χ1v) is 8.09. The normalized spacial score (nSPS) is 11.4. The fraction of sp³-hybridized carbons (Fsp3) is 0.812. The molecule has 0 rings (SSSR count). The van der Waals surface area contributed by atoms with E-state index in [4.69, 9.17) is 0 Å². The third-order valence-electron chi connectivity index (χ3n) is 3.30. The zero-order valence-corrected chi connectivity index (χ0v) is 13.6. The SMILES string of the molecule is CC/C=C/CCCC(=O)NCCNCCN(CC)CC. The second-order valence-corrected chi connectivity index (χ2v) is 4.90. The quantitative estimate of drug-likeness (QED) is 0.402. The Balaban J connectivity index is 3.33. The number of unbranched alkanes of at least 4 members (excludes halogenated alkanes) is 1. The zero-order valence-electron chi connectivity index (χ0n) is 13.6. The molecular weight excluding hydrogens is 250 g/mol. The number of hydrogen-bond acceptors (Lipinski definition) is 3. The molecule has 0 unspecified atom stereocenters. The summed E-state index contributed by atoms with van der Waals surface area (Å²) in [4.78, 5) is 13.9. The van der Waals surface area contributed by atoms with Crippen LogP contribution < -0.4 is 10.6 Å². The van der Waals surface area contributed by atoms with Crippen LogP contribution in [-0.4, -0.2) is 50.1 Å². The smallest absolute Gasteiger partial charge is 0.220 e. The van der Waals surface area contributed by atoms with Crippen molar-refractivity contribution in [3.05, 3.63) is 12.2 Å². The van der Waals surface area contributed by atoms with Crippen LogP contribution in [-0.2, 0) is 4.79 Å². The van der Waals surface area contributed by atoms with Crippen LogP contribution in [0.4, 0.5) is 0 Å². The minimum Gasteiger partial charge on any atom is -0.355 e. The number of amides is 1. The minimum absolute atomic E-state index is 0.167. The number of nitrogens with zero attached hydrogens (tertiary/aromatic N) is 1. The van der Waals surface area contributed by atoms with Crippen molar-refractivity contribution in [1.29, 1.82) is 0 Å². The lowest BCUT2D eigenvalue weighted by molar-refractivity contribution is -0.121. The number of nitrogens with one attached hydrogen (secondary N) is 2. The average molecular weight is 283 g/mol. The number of rotatable bonds is 13. The standard InChI is InChI=1S/C16H33N3O/c1-4-7-8-9-10-11-16(20)18-13-12-17-14-15-19(5-2)6-3/h7-8,17H,4-6,9-15H2,1-3H3,(H,18,20)/b8-7+. The highest BCUT2D eigenvalue weighted by Crippen LogP contribution is 1.97. The molecule has 4 nitrogen and oxygen atoms in total. The third kappa shape index (κ3) is 12.2. The fourth-order valence-corrected chi connectivity index (χ4v) is 1.95. The van der Waals surface area contributed by atoms with Crippen molar-refractivity contribution in [3.8, 4) is 0 Å². The van der Waals surface area contributed by atoms with Crippen molar-refractivity contribution in [1.82, 2.24) is 15.5 Å². The Labute approximate surface area is 125 Å². The van der Waals surface area contributed by atoms with Gasteiger partial charge >= 0.3 is 0 Å². The van der Waals surface area contributed by atoms with Gasteiger partial charge in [-0.3, -0.25) is 4.79 Å². The van der Waals surface area contributed by atoms with Gasteiger partial charge in [0.25, 0.3) is 0 Å². The molecule has 1 amide bonds. The Morgan fingerprint density at radius 3 is 2.45 bits per heavy atom. The first-order valence-electron chi connectivity index (χ1n) is 8.09. The maximum atomic E-state index is 11.5. The Hall–Kier alpha value is -0.870. The summed E-state index contributed by atoms with van der Waals surface area (Å²) < 4.78 is 0. The van der Waals surface area contributed by atoms with Gasteiger partial charge in [-0.25, -0.2) is 0 Å². The van der Waals surface area contributed by atoms with Gasteiger partial charge in [0.05, 0.1) is 0 Å². The Bertz CT molecular complexity index is 250. The second-order valence-electron chi connectivity index (χ2n) is 4.90. The third-order valence-corrected chi connectivity index (χ3v) is 3.30. The molecule has 0 atom stereocenters. The summed E-state index contributed by atoms with van der Waals surface area (Å²) in [6.45, 7) is 12.3. The summed E-state index contributed by atoms with van der Waals surface area (Å²) in [5, 5.41) is 6.31. The van der Waals surface area contributed by atoms with Crippen LogP contribution in [0, 0.1) is 0 Å². The first kappa shape index (κ1) is 19.1. The van der Waals surface area contributed by atoms with E-state index in [1.54, 1.807) is 0 Å². The van der Waals surface area contributed by atoms with Crippen LogP contribution in [0.2, 0.25) is 0 Å². The van der Waals surface area contributed by atoms with E-state index >= 15 is 0 Å². The van der Waals surface area contributed by atoms with Gasteiger partial charge in [0.15, 0.2) is 0 Å². The van der Waals surface area contributed by atoms with Crippen LogP contribution in [0.25, 0.3) is 0 Å².